The van der Waals surface area contributed by atoms with Gasteiger partial charge >= 0.3 is 0 Å². The maximum Gasteiger partial charge on any atom is 0.128 e. The van der Waals surface area contributed by atoms with Crippen LogP contribution in [0.5, 0.6) is 0 Å². The van der Waals surface area contributed by atoms with Crippen LogP contribution in [0.1, 0.15) is 39.3 Å². The van der Waals surface area contributed by atoms with E-state index in [0.717, 1.165) is 37.1 Å². The highest BCUT2D eigenvalue weighted by atomic mass is 15.2. The predicted octanol–water partition coefficient (Wildman–Crippen LogP) is 3.06. The minimum Gasteiger partial charge on any atom is -0.357 e. The molecule has 0 saturated carbocycles. The molecule has 0 spiro atoms. The van der Waals surface area contributed by atoms with Gasteiger partial charge in [-0.2, -0.15) is 0 Å². The molecule has 0 saturated heterocycles. The van der Waals surface area contributed by atoms with E-state index in [1.807, 2.05) is 7.05 Å². The molecule has 1 aromatic heterocycles. The molecule has 0 aliphatic carbocycles. The molecule has 0 aromatic carbocycles. The van der Waals surface area contributed by atoms with Gasteiger partial charge in [0.05, 0.1) is 5.69 Å². The van der Waals surface area contributed by atoms with Crippen LogP contribution >= 0.6 is 0 Å². The minimum atomic E-state index is 0.764. The number of pyridine rings is 1. The summed E-state index contributed by atoms with van der Waals surface area (Å²) in [6.45, 7) is 9.71. The van der Waals surface area contributed by atoms with Gasteiger partial charge in [-0.15, -0.1) is 0 Å². The standard InChI is InChI=1S/C15H27N3/c1-5-13(6-2)12-18(7-3)15-10-8-9-14(17-15)11-16-4/h8-10,13,16H,5-7,11-12H2,1-4H3. The Labute approximate surface area is 112 Å². The third-order valence-corrected chi connectivity index (χ3v) is 3.49. The SMILES string of the molecule is CCC(CC)CN(CC)c1cccc(CNC)n1. The molecule has 0 aliphatic heterocycles. The normalized spacial score (nSPS) is 10.9. The number of nitrogens with zero attached hydrogens (tertiary/aromatic N) is 2. The quantitative estimate of drug-likeness (QED) is 0.767. The van der Waals surface area contributed by atoms with Crippen LogP contribution in [-0.4, -0.2) is 25.1 Å². The first-order valence-electron chi connectivity index (χ1n) is 7.10. The van der Waals surface area contributed by atoms with Crippen molar-refractivity contribution in [2.24, 2.45) is 5.92 Å². The second kappa shape index (κ2) is 8.09. The Bertz CT molecular complexity index is 334. The van der Waals surface area contributed by atoms with E-state index >= 15 is 0 Å². The van der Waals surface area contributed by atoms with Crippen molar-refractivity contribution in [2.75, 3.05) is 25.0 Å². The molecule has 18 heavy (non-hydrogen) atoms. The molecule has 0 amide bonds. The fourth-order valence-electron chi connectivity index (χ4n) is 2.17. The maximum atomic E-state index is 4.72. The topological polar surface area (TPSA) is 28.2 Å². The van der Waals surface area contributed by atoms with Crippen molar-refractivity contribution in [2.45, 2.75) is 40.2 Å². The van der Waals surface area contributed by atoms with Gasteiger partial charge in [0.2, 0.25) is 0 Å². The molecule has 1 N–H and O–H groups in total. The summed E-state index contributed by atoms with van der Waals surface area (Å²) < 4.78 is 0. The van der Waals surface area contributed by atoms with Crippen molar-refractivity contribution in [3.63, 3.8) is 0 Å². The highest BCUT2D eigenvalue weighted by molar-refractivity contribution is 5.39. The van der Waals surface area contributed by atoms with Gasteiger partial charge in [-0.05, 0) is 32.0 Å². The molecule has 0 atom stereocenters. The lowest BCUT2D eigenvalue weighted by Crippen LogP contribution is -2.30. The van der Waals surface area contributed by atoms with E-state index in [0.29, 0.717) is 0 Å². The first kappa shape index (κ1) is 15.0. The molecule has 0 fully saturated rings. The number of hydrogen-bond acceptors (Lipinski definition) is 3. The van der Waals surface area contributed by atoms with Gasteiger partial charge in [-0.1, -0.05) is 32.8 Å². The molecular weight excluding hydrogens is 222 g/mol. The van der Waals surface area contributed by atoms with Gasteiger partial charge in [0.1, 0.15) is 5.82 Å². The molecule has 1 rings (SSSR count). The average Bonchev–Trinajstić information content (AvgIpc) is 2.41. The summed E-state index contributed by atoms with van der Waals surface area (Å²) in [5.41, 5.74) is 1.11. The van der Waals surface area contributed by atoms with Gasteiger partial charge in [0.25, 0.3) is 0 Å². The number of nitrogens with one attached hydrogen (secondary N) is 1. The zero-order valence-electron chi connectivity index (χ0n) is 12.2. The third-order valence-electron chi connectivity index (χ3n) is 3.49. The zero-order valence-corrected chi connectivity index (χ0v) is 12.2. The van der Waals surface area contributed by atoms with Crippen molar-refractivity contribution in [3.05, 3.63) is 23.9 Å². The smallest absolute Gasteiger partial charge is 0.128 e. The lowest BCUT2D eigenvalue weighted by molar-refractivity contribution is 0.484. The summed E-state index contributed by atoms with van der Waals surface area (Å²) in [5.74, 6) is 1.87. The van der Waals surface area contributed by atoms with Crippen molar-refractivity contribution >= 4 is 5.82 Å². The van der Waals surface area contributed by atoms with Crippen molar-refractivity contribution < 1.29 is 0 Å². The first-order chi connectivity index (χ1) is 8.74. The van der Waals surface area contributed by atoms with Crippen LogP contribution in [0, 0.1) is 5.92 Å². The largest absolute Gasteiger partial charge is 0.357 e. The average molecular weight is 249 g/mol. The predicted molar refractivity (Wildman–Crippen MR) is 79.0 cm³/mol. The fraction of sp³-hybridized carbons (Fsp3) is 0.667. The summed E-state index contributed by atoms with van der Waals surface area (Å²) in [7, 11) is 1.95. The van der Waals surface area contributed by atoms with E-state index < -0.39 is 0 Å². The van der Waals surface area contributed by atoms with Crippen LogP contribution < -0.4 is 10.2 Å². The third kappa shape index (κ3) is 4.30. The molecule has 3 nitrogen and oxygen atoms in total. The monoisotopic (exact) mass is 249 g/mol. The Morgan fingerprint density at radius 2 is 1.94 bits per heavy atom. The number of aromatic nitrogens is 1. The second-order valence-electron chi connectivity index (χ2n) is 4.74. The van der Waals surface area contributed by atoms with Crippen LogP contribution in [0.15, 0.2) is 18.2 Å². The van der Waals surface area contributed by atoms with E-state index in [1.165, 1.54) is 12.8 Å². The minimum absolute atomic E-state index is 0.764. The van der Waals surface area contributed by atoms with Gasteiger partial charge in [0.15, 0.2) is 0 Å². The summed E-state index contributed by atoms with van der Waals surface area (Å²) >= 11 is 0. The molecular formula is C15H27N3. The van der Waals surface area contributed by atoms with Crippen LogP contribution in [0.25, 0.3) is 0 Å². The van der Waals surface area contributed by atoms with Crippen LogP contribution in [0.4, 0.5) is 5.82 Å². The number of hydrogen-bond donors (Lipinski definition) is 1. The van der Waals surface area contributed by atoms with Crippen LogP contribution in [0.2, 0.25) is 0 Å². The summed E-state index contributed by atoms with van der Waals surface area (Å²) in [5, 5.41) is 3.15. The van der Waals surface area contributed by atoms with Gasteiger partial charge < -0.3 is 10.2 Å². The van der Waals surface area contributed by atoms with E-state index in [4.69, 9.17) is 4.98 Å². The van der Waals surface area contributed by atoms with E-state index in [9.17, 15) is 0 Å². The summed E-state index contributed by atoms with van der Waals surface area (Å²) in [6, 6.07) is 6.29. The van der Waals surface area contributed by atoms with Gasteiger partial charge in [-0.3, -0.25) is 0 Å². The van der Waals surface area contributed by atoms with Crippen molar-refractivity contribution in [3.8, 4) is 0 Å². The Kier molecular flexibility index (Phi) is 6.73. The Hall–Kier alpha value is -1.09. The molecule has 3 heteroatoms. The number of rotatable bonds is 8. The lowest BCUT2D eigenvalue weighted by atomic mass is 10.0. The fourth-order valence-corrected chi connectivity index (χ4v) is 2.17. The molecule has 0 bridgehead atoms. The lowest BCUT2D eigenvalue weighted by Gasteiger charge is -2.26. The number of anilines is 1. The second-order valence-corrected chi connectivity index (χ2v) is 4.74. The van der Waals surface area contributed by atoms with Gasteiger partial charge in [-0.25, -0.2) is 4.98 Å². The zero-order chi connectivity index (χ0) is 13.4. The highest BCUT2D eigenvalue weighted by Crippen LogP contribution is 2.16. The van der Waals surface area contributed by atoms with E-state index in [2.05, 4.69) is 49.2 Å². The first-order valence-corrected chi connectivity index (χ1v) is 7.10. The highest BCUT2D eigenvalue weighted by Gasteiger charge is 2.11. The van der Waals surface area contributed by atoms with Crippen LogP contribution in [0.3, 0.4) is 0 Å². The van der Waals surface area contributed by atoms with E-state index in [1.54, 1.807) is 0 Å². The van der Waals surface area contributed by atoms with Crippen LogP contribution in [-0.2, 0) is 6.54 Å². The summed E-state index contributed by atoms with van der Waals surface area (Å²) in [6.07, 6.45) is 2.48. The molecule has 0 radical (unpaired) electrons. The molecule has 1 heterocycles. The van der Waals surface area contributed by atoms with E-state index in [-0.39, 0.29) is 0 Å². The van der Waals surface area contributed by atoms with Crippen molar-refractivity contribution in [1.29, 1.82) is 0 Å². The molecule has 0 unspecified atom stereocenters. The Morgan fingerprint density at radius 1 is 1.22 bits per heavy atom. The Balaban J connectivity index is 2.77. The molecule has 1 aromatic rings. The van der Waals surface area contributed by atoms with Gasteiger partial charge in [0, 0.05) is 19.6 Å². The maximum absolute atomic E-state index is 4.72. The van der Waals surface area contributed by atoms with Crippen molar-refractivity contribution in [1.82, 2.24) is 10.3 Å². The Morgan fingerprint density at radius 3 is 2.50 bits per heavy atom. The molecule has 102 valence electrons. The summed E-state index contributed by atoms with van der Waals surface area (Å²) in [4.78, 5) is 7.10. The molecule has 0 aliphatic rings.